The van der Waals surface area contributed by atoms with Gasteiger partial charge in [0.25, 0.3) is 5.91 Å². The minimum absolute atomic E-state index is 0.0807. The minimum Gasteiger partial charge on any atom is -0.480 e. The van der Waals surface area contributed by atoms with Gasteiger partial charge in [0.1, 0.15) is 6.54 Å². The molecule has 1 aromatic heterocycles. The second kappa shape index (κ2) is 4.79. The van der Waals surface area contributed by atoms with Crippen LogP contribution in [0.1, 0.15) is 12.1 Å². The number of carbonyl (C=O) groups is 3. The number of likely N-dealkylation sites (tertiary alicyclic amines) is 1. The molecule has 1 aromatic rings. The average molecular weight is 246 g/mol. The summed E-state index contributed by atoms with van der Waals surface area (Å²) in [6.07, 6.45) is 2.99. The quantitative estimate of drug-likeness (QED) is 0.612. The van der Waals surface area contributed by atoms with Gasteiger partial charge in [0.2, 0.25) is 5.91 Å². The molecule has 0 bridgehead atoms. The Hall–Kier alpha value is -2.50. The van der Waals surface area contributed by atoms with Crippen molar-refractivity contribution < 1.29 is 19.5 Å². The predicted octanol–water partition coefficient (Wildman–Crippen LogP) is 0.309. The fraction of sp³-hybridized carbons (Fsp3) is 0.167. The Morgan fingerprint density at radius 2 is 2.22 bits per heavy atom. The van der Waals surface area contributed by atoms with E-state index in [4.69, 9.17) is 5.11 Å². The summed E-state index contributed by atoms with van der Waals surface area (Å²) in [5.41, 5.74) is 0.825. The Morgan fingerprint density at radius 3 is 2.83 bits per heavy atom. The first-order valence-corrected chi connectivity index (χ1v) is 5.26. The van der Waals surface area contributed by atoms with Crippen molar-refractivity contribution >= 4 is 23.9 Å². The molecule has 0 unspecified atom stereocenters. The van der Waals surface area contributed by atoms with Gasteiger partial charge in [-0.3, -0.25) is 24.3 Å². The SMILES string of the molecule is O=C(O)CN1C(=O)C/C(=C\c2ccccn2)C1=O. The van der Waals surface area contributed by atoms with Crippen LogP contribution >= 0.6 is 0 Å². The van der Waals surface area contributed by atoms with Crippen LogP contribution in [0.2, 0.25) is 0 Å². The van der Waals surface area contributed by atoms with Gasteiger partial charge in [0.05, 0.1) is 12.1 Å². The second-order valence-corrected chi connectivity index (χ2v) is 3.78. The smallest absolute Gasteiger partial charge is 0.323 e. The fourth-order valence-corrected chi connectivity index (χ4v) is 1.67. The number of carboxylic acids is 1. The predicted molar refractivity (Wildman–Crippen MR) is 61.2 cm³/mol. The molecule has 92 valence electrons. The second-order valence-electron chi connectivity index (χ2n) is 3.78. The molecule has 2 heterocycles. The first-order valence-electron chi connectivity index (χ1n) is 5.26. The van der Waals surface area contributed by atoms with Crippen LogP contribution in [-0.4, -0.2) is 39.3 Å². The summed E-state index contributed by atoms with van der Waals surface area (Å²) >= 11 is 0. The number of aliphatic carboxylic acids is 1. The van der Waals surface area contributed by atoms with E-state index in [0.717, 1.165) is 4.90 Å². The highest BCUT2D eigenvalue weighted by atomic mass is 16.4. The number of hydrogen-bond donors (Lipinski definition) is 1. The Morgan fingerprint density at radius 1 is 1.44 bits per heavy atom. The minimum atomic E-state index is -1.21. The largest absolute Gasteiger partial charge is 0.480 e. The molecule has 6 heteroatoms. The van der Waals surface area contributed by atoms with Crippen molar-refractivity contribution in [2.24, 2.45) is 0 Å². The molecule has 1 aliphatic heterocycles. The molecular weight excluding hydrogens is 236 g/mol. The van der Waals surface area contributed by atoms with Crippen LogP contribution in [0, 0.1) is 0 Å². The number of amides is 2. The molecule has 1 fully saturated rings. The van der Waals surface area contributed by atoms with Crippen molar-refractivity contribution in [1.82, 2.24) is 9.88 Å². The van der Waals surface area contributed by atoms with Crippen LogP contribution < -0.4 is 0 Å². The van der Waals surface area contributed by atoms with Crippen molar-refractivity contribution in [2.75, 3.05) is 6.54 Å². The number of carboxylic acid groups (broad SMARTS) is 1. The van der Waals surface area contributed by atoms with E-state index >= 15 is 0 Å². The van der Waals surface area contributed by atoms with Gasteiger partial charge in [-0.25, -0.2) is 0 Å². The van der Waals surface area contributed by atoms with Crippen molar-refractivity contribution in [2.45, 2.75) is 6.42 Å². The lowest BCUT2D eigenvalue weighted by molar-refractivity contribution is -0.148. The molecule has 0 radical (unpaired) electrons. The first kappa shape index (κ1) is 12.0. The molecule has 0 saturated carbocycles. The van der Waals surface area contributed by atoms with Gasteiger partial charge in [0, 0.05) is 11.8 Å². The van der Waals surface area contributed by atoms with Crippen LogP contribution in [0.25, 0.3) is 6.08 Å². The average Bonchev–Trinajstić information content (AvgIpc) is 2.58. The highest BCUT2D eigenvalue weighted by Gasteiger charge is 2.34. The molecule has 2 rings (SSSR count). The maximum Gasteiger partial charge on any atom is 0.323 e. The van der Waals surface area contributed by atoms with Gasteiger partial charge in [-0.15, -0.1) is 0 Å². The molecule has 1 aliphatic rings. The van der Waals surface area contributed by atoms with Gasteiger partial charge in [-0.2, -0.15) is 0 Å². The molecule has 0 aliphatic carbocycles. The number of hydrogen-bond acceptors (Lipinski definition) is 4. The van der Waals surface area contributed by atoms with Crippen LogP contribution in [0.5, 0.6) is 0 Å². The highest BCUT2D eigenvalue weighted by molar-refractivity contribution is 6.16. The van der Waals surface area contributed by atoms with Crippen LogP contribution in [0.4, 0.5) is 0 Å². The monoisotopic (exact) mass is 246 g/mol. The van der Waals surface area contributed by atoms with E-state index in [2.05, 4.69) is 4.98 Å². The van der Waals surface area contributed by atoms with E-state index in [1.807, 2.05) is 0 Å². The summed E-state index contributed by atoms with van der Waals surface area (Å²) in [6.45, 7) is -0.600. The van der Waals surface area contributed by atoms with Gasteiger partial charge in [0.15, 0.2) is 0 Å². The molecular formula is C12H10N2O4. The van der Waals surface area contributed by atoms with Crippen molar-refractivity contribution in [3.05, 3.63) is 35.7 Å². The molecule has 6 nitrogen and oxygen atoms in total. The number of carbonyl (C=O) groups excluding carboxylic acids is 2. The number of imide groups is 1. The molecule has 18 heavy (non-hydrogen) atoms. The number of aromatic nitrogens is 1. The van der Waals surface area contributed by atoms with Crippen LogP contribution in [0.3, 0.4) is 0 Å². The van der Waals surface area contributed by atoms with E-state index in [-0.39, 0.29) is 12.0 Å². The summed E-state index contributed by atoms with van der Waals surface area (Å²) in [5, 5.41) is 8.61. The number of pyridine rings is 1. The Kier molecular flexibility index (Phi) is 3.18. The number of nitrogens with zero attached hydrogens (tertiary/aromatic N) is 2. The summed E-state index contributed by atoms with van der Waals surface area (Å²) in [4.78, 5) is 38.6. The van der Waals surface area contributed by atoms with E-state index < -0.39 is 24.3 Å². The Balaban J connectivity index is 2.23. The van der Waals surface area contributed by atoms with Crippen LogP contribution in [-0.2, 0) is 14.4 Å². The lowest BCUT2D eigenvalue weighted by Gasteiger charge is -2.08. The topological polar surface area (TPSA) is 87.6 Å². The molecule has 1 N–H and O–H groups in total. The third-order valence-corrected chi connectivity index (χ3v) is 2.47. The van der Waals surface area contributed by atoms with Gasteiger partial charge >= 0.3 is 5.97 Å². The summed E-state index contributed by atoms with van der Waals surface area (Å²) in [6, 6.07) is 5.20. The maximum absolute atomic E-state index is 11.8. The third kappa shape index (κ3) is 2.42. The Bertz CT molecular complexity index is 536. The fourth-order valence-electron chi connectivity index (χ4n) is 1.67. The van der Waals surface area contributed by atoms with Crippen molar-refractivity contribution in [3.8, 4) is 0 Å². The summed E-state index contributed by atoms with van der Waals surface area (Å²) in [7, 11) is 0. The highest BCUT2D eigenvalue weighted by Crippen LogP contribution is 2.20. The molecule has 0 spiro atoms. The maximum atomic E-state index is 11.8. The first-order chi connectivity index (χ1) is 8.58. The summed E-state index contributed by atoms with van der Waals surface area (Å²) in [5.74, 6) is -2.27. The van der Waals surface area contributed by atoms with E-state index in [1.54, 1.807) is 24.4 Å². The molecule has 0 aromatic carbocycles. The molecule has 0 atom stereocenters. The lowest BCUT2D eigenvalue weighted by atomic mass is 10.2. The van der Waals surface area contributed by atoms with Gasteiger partial charge < -0.3 is 5.11 Å². The van der Waals surface area contributed by atoms with E-state index in [1.165, 1.54) is 6.08 Å². The van der Waals surface area contributed by atoms with Crippen LogP contribution in [0.15, 0.2) is 30.0 Å². The van der Waals surface area contributed by atoms with Crippen molar-refractivity contribution in [3.63, 3.8) is 0 Å². The molecule has 1 saturated heterocycles. The lowest BCUT2D eigenvalue weighted by Crippen LogP contribution is -2.34. The van der Waals surface area contributed by atoms with E-state index in [9.17, 15) is 14.4 Å². The Labute approximate surface area is 103 Å². The third-order valence-electron chi connectivity index (χ3n) is 2.47. The van der Waals surface area contributed by atoms with Crippen molar-refractivity contribution in [1.29, 1.82) is 0 Å². The van der Waals surface area contributed by atoms with E-state index in [0.29, 0.717) is 5.69 Å². The zero-order chi connectivity index (χ0) is 13.1. The normalized spacial score (nSPS) is 17.6. The van der Waals surface area contributed by atoms with Gasteiger partial charge in [-0.1, -0.05) is 6.07 Å². The zero-order valence-corrected chi connectivity index (χ0v) is 9.37. The molecule has 2 amide bonds. The zero-order valence-electron chi connectivity index (χ0n) is 9.37. The van der Waals surface area contributed by atoms with Gasteiger partial charge in [-0.05, 0) is 18.2 Å². The standard InChI is InChI=1S/C12H10N2O4/c15-10-6-8(5-9-3-1-2-4-13-9)12(18)14(10)7-11(16)17/h1-5H,6-7H2,(H,16,17)/b8-5+. The summed E-state index contributed by atoms with van der Waals surface area (Å²) < 4.78 is 0. The number of rotatable bonds is 3.